The van der Waals surface area contributed by atoms with E-state index in [1.165, 1.54) is 10.9 Å². The molecular formula is C18H27N3O2. The van der Waals surface area contributed by atoms with Crippen LogP contribution in [0.3, 0.4) is 0 Å². The van der Waals surface area contributed by atoms with Gasteiger partial charge in [0.15, 0.2) is 0 Å². The normalized spacial score (nSPS) is 14.0. The topological polar surface area (TPSA) is 77.2 Å². The molecule has 0 spiro atoms. The molecule has 0 bridgehead atoms. The van der Waals surface area contributed by atoms with Crippen molar-refractivity contribution in [3.63, 3.8) is 0 Å². The summed E-state index contributed by atoms with van der Waals surface area (Å²) in [6.45, 7) is 8.43. The first-order chi connectivity index (χ1) is 10.8. The number of nitrogens with one attached hydrogen (secondary N) is 3. The first-order valence-electron chi connectivity index (χ1n) is 8.11. The highest BCUT2D eigenvalue weighted by Crippen LogP contribution is 2.21. The van der Waals surface area contributed by atoms with Gasteiger partial charge in [-0.1, -0.05) is 32.0 Å². The number of aryl methyl sites for hydroxylation is 1. The zero-order chi connectivity index (χ0) is 17.0. The number of aromatic nitrogens is 1. The van der Waals surface area contributed by atoms with Gasteiger partial charge in [0.05, 0.1) is 5.60 Å². The molecule has 2 amide bonds. The van der Waals surface area contributed by atoms with Crippen molar-refractivity contribution in [3.05, 3.63) is 35.5 Å². The molecule has 4 N–H and O–H groups in total. The summed E-state index contributed by atoms with van der Waals surface area (Å²) in [4.78, 5) is 15.2. The molecule has 0 radical (unpaired) electrons. The minimum absolute atomic E-state index is 0.0802. The van der Waals surface area contributed by atoms with Gasteiger partial charge in [0.25, 0.3) is 0 Å². The van der Waals surface area contributed by atoms with Crippen LogP contribution in [0.15, 0.2) is 24.3 Å². The summed E-state index contributed by atoms with van der Waals surface area (Å²) >= 11 is 0. The molecule has 23 heavy (non-hydrogen) atoms. The molecule has 5 nitrogen and oxygen atoms in total. The van der Waals surface area contributed by atoms with Crippen molar-refractivity contribution in [2.75, 3.05) is 13.1 Å². The molecule has 2 aromatic rings. The van der Waals surface area contributed by atoms with E-state index in [-0.39, 0.29) is 18.5 Å². The van der Waals surface area contributed by atoms with Crippen LogP contribution >= 0.6 is 0 Å². The largest absolute Gasteiger partial charge is 0.388 e. The number of hydrogen-bond acceptors (Lipinski definition) is 2. The van der Waals surface area contributed by atoms with E-state index in [4.69, 9.17) is 0 Å². The number of para-hydroxylation sites is 1. The lowest BCUT2D eigenvalue weighted by Crippen LogP contribution is -2.47. The van der Waals surface area contributed by atoms with E-state index in [9.17, 15) is 9.90 Å². The Bertz CT molecular complexity index is 674. The lowest BCUT2D eigenvalue weighted by molar-refractivity contribution is 0.0166. The van der Waals surface area contributed by atoms with Crippen LogP contribution in [0, 0.1) is 12.8 Å². The van der Waals surface area contributed by atoms with Gasteiger partial charge in [-0.15, -0.1) is 0 Å². The molecule has 0 aliphatic heterocycles. The maximum atomic E-state index is 11.8. The molecule has 0 saturated heterocycles. The number of rotatable bonds is 6. The summed E-state index contributed by atoms with van der Waals surface area (Å²) in [6, 6.07) is 7.93. The van der Waals surface area contributed by atoms with Gasteiger partial charge < -0.3 is 20.7 Å². The van der Waals surface area contributed by atoms with Crippen molar-refractivity contribution in [3.8, 4) is 0 Å². The molecule has 0 fully saturated rings. The van der Waals surface area contributed by atoms with E-state index in [1.807, 2.05) is 26.0 Å². The van der Waals surface area contributed by atoms with Crippen LogP contribution in [0.5, 0.6) is 0 Å². The van der Waals surface area contributed by atoms with E-state index in [2.05, 4.69) is 34.7 Å². The number of hydrogen-bond donors (Lipinski definition) is 4. The van der Waals surface area contributed by atoms with Gasteiger partial charge in [-0.3, -0.25) is 0 Å². The Morgan fingerprint density at radius 1 is 1.30 bits per heavy atom. The minimum atomic E-state index is -0.898. The van der Waals surface area contributed by atoms with E-state index < -0.39 is 5.60 Å². The monoisotopic (exact) mass is 317 g/mol. The molecule has 1 aromatic heterocycles. The van der Waals surface area contributed by atoms with Crippen LogP contribution < -0.4 is 10.6 Å². The SMILES string of the molecule is Cc1[nH]c2ccccc2c1CCNC(=O)NCC(C)(O)C(C)C. The second-order valence-corrected chi connectivity index (χ2v) is 6.65. The predicted molar refractivity (Wildman–Crippen MR) is 93.6 cm³/mol. The Balaban J connectivity index is 1.85. The van der Waals surface area contributed by atoms with Crippen LogP contribution in [0.1, 0.15) is 32.0 Å². The molecule has 1 unspecified atom stereocenters. The predicted octanol–water partition coefficient (Wildman–Crippen LogP) is 2.73. The van der Waals surface area contributed by atoms with E-state index in [1.54, 1.807) is 6.92 Å². The van der Waals surface area contributed by atoms with Crippen LogP contribution in [0.4, 0.5) is 4.79 Å². The fraction of sp³-hybridized carbons (Fsp3) is 0.500. The number of carbonyl (C=O) groups excluding carboxylic acids is 1. The molecule has 2 rings (SSSR count). The van der Waals surface area contributed by atoms with Gasteiger partial charge in [0.1, 0.15) is 0 Å². The van der Waals surface area contributed by atoms with Crippen LogP contribution in [-0.4, -0.2) is 34.8 Å². The lowest BCUT2D eigenvalue weighted by Gasteiger charge is -2.27. The van der Waals surface area contributed by atoms with Gasteiger partial charge in [-0.25, -0.2) is 4.79 Å². The van der Waals surface area contributed by atoms with Gasteiger partial charge >= 0.3 is 6.03 Å². The Hall–Kier alpha value is -2.01. The molecule has 0 aliphatic rings. The molecule has 126 valence electrons. The van der Waals surface area contributed by atoms with Gasteiger partial charge in [0, 0.05) is 29.7 Å². The van der Waals surface area contributed by atoms with Crippen molar-refractivity contribution in [2.45, 2.75) is 39.7 Å². The van der Waals surface area contributed by atoms with Crippen molar-refractivity contribution in [2.24, 2.45) is 5.92 Å². The van der Waals surface area contributed by atoms with Gasteiger partial charge in [0.2, 0.25) is 0 Å². The number of urea groups is 1. The smallest absolute Gasteiger partial charge is 0.314 e. The minimum Gasteiger partial charge on any atom is -0.388 e. The van der Waals surface area contributed by atoms with Crippen LogP contribution in [0.2, 0.25) is 0 Å². The Morgan fingerprint density at radius 2 is 2.00 bits per heavy atom. The van der Waals surface area contributed by atoms with E-state index >= 15 is 0 Å². The number of carbonyl (C=O) groups is 1. The molecule has 5 heteroatoms. The van der Waals surface area contributed by atoms with Gasteiger partial charge in [-0.2, -0.15) is 0 Å². The standard InChI is InChI=1S/C18H27N3O2/c1-12(2)18(4,23)11-20-17(22)19-10-9-14-13(3)21-16-8-6-5-7-15(14)16/h5-8,12,21,23H,9-11H2,1-4H3,(H2,19,20,22). The summed E-state index contributed by atoms with van der Waals surface area (Å²) < 4.78 is 0. The van der Waals surface area contributed by atoms with Crippen molar-refractivity contribution < 1.29 is 9.90 Å². The molecule has 0 saturated carbocycles. The average Bonchev–Trinajstić information content (AvgIpc) is 2.81. The van der Waals surface area contributed by atoms with E-state index in [0.29, 0.717) is 6.54 Å². The van der Waals surface area contributed by atoms with Crippen LogP contribution in [-0.2, 0) is 6.42 Å². The number of fused-ring (bicyclic) bond motifs is 1. The van der Waals surface area contributed by atoms with Crippen molar-refractivity contribution >= 4 is 16.9 Å². The summed E-state index contributed by atoms with van der Waals surface area (Å²) in [7, 11) is 0. The average molecular weight is 317 g/mol. The highest BCUT2D eigenvalue weighted by atomic mass is 16.3. The van der Waals surface area contributed by atoms with Gasteiger partial charge in [-0.05, 0) is 37.8 Å². The summed E-state index contributed by atoms with van der Waals surface area (Å²) in [6.07, 6.45) is 0.768. The zero-order valence-corrected chi connectivity index (χ0v) is 14.4. The first-order valence-corrected chi connectivity index (χ1v) is 8.11. The molecule has 1 heterocycles. The zero-order valence-electron chi connectivity index (χ0n) is 14.4. The summed E-state index contributed by atoms with van der Waals surface area (Å²) in [5.74, 6) is 0.0802. The molecule has 1 aromatic carbocycles. The Kier molecular flexibility index (Phi) is 5.31. The quantitative estimate of drug-likeness (QED) is 0.661. The molecular weight excluding hydrogens is 290 g/mol. The molecule has 1 atom stereocenters. The highest BCUT2D eigenvalue weighted by molar-refractivity contribution is 5.84. The Labute approximate surface area is 137 Å². The number of H-pyrrole nitrogens is 1. The van der Waals surface area contributed by atoms with E-state index in [0.717, 1.165) is 17.6 Å². The fourth-order valence-corrected chi connectivity index (χ4v) is 2.48. The number of aliphatic hydroxyl groups is 1. The fourth-order valence-electron chi connectivity index (χ4n) is 2.48. The summed E-state index contributed by atoms with van der Waals surface area (Å²) in [5, 5.41) is 16.9. The second kappa shape index (κ2) is 7.04. The lowest BCUT2D eigenvalue weighted by atomic mass is 9.93. The third-order valence-corrected chi connectivity index (χ3v) is 4.54. The maximum absolute atomic E-state index is 11.8. The third-order valence-electron chi connectivity index (χ3n) is 4.54. The number of amides is 2. The Morgan fingerprint density at radius 3 is 2.70 bits per heavy atom. The first kappa shape index (κ1) is 17.3. The number of aromatic amines is 1. The third kappa shape index (κ3) is 4.26. The maximum Gasteiger partial charge on any atom is 0.314 e. The molecule has 0 aliphatic carbocycles. The van der Waals surface area contributed by atoms with Crippen LogP contribution in [0.25, 0.3) is 10.9 Å². The van der Waals surface area contributed by atoms with Crippen molar-refractivity contribution in [1.29, 1.82) is 0 Å². The second-order valence-electron chi connectivity index (χ2n) is 6.65. The summed E-state index contributed by atoms with van der Waals surface area (Å²) in [5.41, 5.74) is 2.59. The highest BCUT2D eigenvalue weighted by Gasteiger charge is 2.25. The van der Waals surface area contributed by atoms with Crippen molar-refractivity contribution in [1.82, 2.24) is 15.6 Å². The number of benzene rings is 1.